The third-order valence-corrected chi connectivity index (χ3v) is 8.91. The summed E-state index contributed by atoms with van der Waals surface area (Å²) in [5.41, 5.74) is 1.73. The highest BCUT2D eigenvalue weighted by atomic mass is 32.2. The number of sulfonamides is 1. The molecule has 2 aliphatic rings. The average molecular weight is 450 g/mol. The molecule has 2 aliphatic carbocycles. The highest BCUT2D eigenvalue weighted by Gasteiger charge is 2.32. The highest BCUT2D eigenvalue weighted by molar-refractivity contribution is 7.90. The zero-order valence-electron chi connectivity index (χ0n) is 19.2. The molecule has 7 heteroatoms. The van der Waals surface area contributed by atoms with Gasteiger partial charge in [0.2, 0.25) is 10.0 Å². The van der Waals surface area contributed by atoms with E-state index in [9.17, 15) is 13.2 Å². The Labute approximate surface area is 188 Å². The molecule has 0 aromatic heterocycles. The molecular formula is C24H39N3O3S. The fraction of sp³-hybridized carbons (Fsp3) is 0.708. The first-order valence-electron chi connectivity index (χ1n) is 11.8. The molecule has 2 fully saturated rings. The van der Waals surface area contributed by atoms with E-state index in [1.807, 2.05) is 24.3 Å². The van der Waals surface area contributed by atoms with Crippen LogP contribution in [0, 0.1) is 5.92 Å². The van der Waals surface area contributed by atoms with Crippen molar-refractivity contribution in [3.63, 3.8) is 0 Å². The topological polar surface area (TPSA) is 87.3 Å². The summed E-state index contributed by atoms with van der Waals surface area (Å²) >= 11 is 0. The van der Waals surface area contributed by atoms with E-state index in [1.165, 1.54) is 19.3 Å². The van der Waals surface area contributed by atoms with Crippen LogP contribution in [0.4, 0.5) is 5.69 Å². The maximum atomic E-state index is 12.4. The number of rotatable bonds is 7. The molecule has 0 bridgehead atoms. The Morgan fingerprint density at radius 1 is 0.903 bits per heavy atom. The second kappa shape index (κ2) is 10.3. The summed E-state index contributed by atoms with van der Waals surface area (Å²) in [6, 6.07) is 8.08. The fourth-order valence-electron chi connectivity index (χ4n) is 4.40. The Morgan fingerprint density at radius 3 is 2.10 bits per heavy atom. The summed E-state index contributed by atoms with van der Waals surface area (Å²) in [7, 11) is -3.29. The van der Waals surface area contributed by atoms with Gasteiger partial charge in [0, 0.05) is 29.9 Å². The van der Waals surface area contributed by atoms with Crippen LogP contribution >= 0.6 is 0 Å². The average Bonchev–Trinajstić information content (AvgIpc) is 2.73. The lowest BCUT2D eigenvalue weighted by molar-refractivity contribution is 0.0927. The first-order chi connectivity index (χ1) is 14.6. The quantitative estimate of drug-likeness (QED) is 0.574. The second-order valence-electron chi connectivity index (χ2n) is 10.2. The SMILES string of the molecule is CC(C)(C)S(=O)(=O)N[C@H]1CC[C@H](CNc2ccc(C(=O)NC3CCCCC3)cc2)CC1. The van der Waals surface area contributed by atoms with Crippen LogP contribution in [-0.2, 0) is 10.0 Å². The van der Waals surface area contributed by atoms with Gasteiger partial charge in [0.15, 0.2) is 0 Å². The van der Waals surface area contributed by atoms with Crippen molar-refractivity contribution in [3.05, 3.63) is 29.8 Å². The van der Waals surface area contributed by atoms with Crippen molar-refractivity contribution < 1.29 is 13.2 Å². The zero-order valence-corrected chi connectivity index (χ0v) is 20.1. The molecule has 0 spiro atoms. The lowest BCUT2D eigenvalue weighted by Gasteiger charge is -2.31. The summed E-state index contributed by atoms with van der Waals surface area (Å²) < 4.78 is 26.8. The Bertz CT molecular complexity index is 817. The smallest absolute Gasteiger partial charge is 0.251 e. The number of benzene rings is 1. The normalized spacial score (nSPS) is 23.3. The van der Waals surface area contributed by atoms with Crippen molar-refractivity contribution in [2.24, 2.45) is 5.92 Å². The number of nitrogens with one attached hydrogen (secondary N) is 3. The van der Waals surface area contributed by atoms with E-state index in [4.69, 9.17) is 0 Å². The van der Waals surface area contributed by atoms with E-state index < -0.39 is 14.8 Å². The maximum Gasteiger partial charge on any atom is 0.251 e. The van der Waals surface area contributed by atoms with Gasteiger partial charge in [-0.2, -0.15) is 0 Å². The molecule has 0 radical (unpaired) electrons. The Balaban J connectivity index is 1.40. The summed E-state index contributed by atoms with van der Waals surface area (Å²) in [5, 5.41) is 6.64. The minimum atomic E-state index is -3.29. The van der Waals surface area contributed by atoms with E-state index in [0.717, 1.165) is 50.8 Å². The van der Waals surface area contributed by atoms with Gasteiger partial charge < -0.3 is 10.6 Å². The van der Waals surface area contributed by atoms with Crippen molar-refractivity contribution in [3.8, 4) is 0 Å². The fourth-order valence-corrected chi connectivity index (χ4v) is 5.43. The number of anilines is 1. The van der Waals surface area contributed by atoms with Crippen molar-refractivity contribution >= 4 is 21.6 Å². The van der Waals surface area contributed by atoms with Crippen LogP contribution in [0.15, 0.2) is 24.3 Å². The van der Waals surface area contributed by atoms with E-state index in [0.29, 0.717) is 17.5 Å². The van der Waals surface area contributed by atoms with Crippen molar-refractivity contribution in [1.29, 1.82) is 0 Å². The molecule has 3 rings (SSSR count). The minimum Gasteiger partial charge on any atom is -0.385 e. The second-order valence-corrected chi connectivity index (χ2v) is 12.7. The van der Waals surface area contributed by atoms with Gasteiger partial charge >= 0.3 is 0 Å². The number of carbonyl (C=O) groups is 1. The molecule has 1 aromatic rings. The third-order valence-electron chi connectivity index (χ3n) is 6.66. The number of carbonyl (C=O) groups excluding carboxylic acids is 1. The Hall–Kier alpha value is -1.60. The van der Waals surface area contributed by atoms with Crippen LogP contribution in [0.1, 0.15) is 88.9 Å². The largest absolute Gasteiger partial charge is 0.385 e. The molecule has 31 heavy (non-hydrogen) atoms. The van der Waals surface area contributed by atoms with Gasteiger partial charge in [-0.25, -0.2) is 13.1 Å². The number of hydrogen-bond acceptors (Lipinski definition) is 4. The standard InChI is InChI=1S/C24H39N3O3S/c1-24(2,3)31(29,30)27-22-13-9-18(10-14-22)17-25-20-15-11-19(12-16-20)23(28)26-21-7-5-4-6-8-21/h11-12,15-16,18,21-22,25,27H,4-10,13-14,17H2,1-3H3,(H,26,28)/t18-,22-. The van der Waals surface area contributed by atoms with E-state index >= 15 is 0 Å². The Kier molecular flexibility index (Phi) is 8.03. The summed E-state index contributed by atoms with van der Waals surface area (Å²) in [5.74, 6) is 0.555. The molecule has 0 aliphatic heterocycles. The van der Waals surface area contributed by atoms with Gasteiger partial charge in [-0.1, -0.05) is 19.3 Å². The van der Waals surface area contributed by atoms with Gasteiger partial charge in [0.25, 0.3) is 5.91 Å². The number of amides is 1. The summed E-state index contributed by atoms with van der Waals surface area (Å²) in [4.78, 5) is 12.4. The molecule has 0 saturated heterocycles. The van der Waals surface area contributed by atoms with Crippen molar-refractivity contribution in [2.75, 3.05) is 11.9 Å². The third kappa shape index (κ3) is 6.94. The lowest BCUT2D eigenvalue weighted by Crippen LogP contribution is -2.46. The van der Waals surface area contributed by atoms with Crippen LogP contribution in [-0.4, -0.2) is 37.7 Å². The molecule has 0 unspecified atom stereocenters. The summed E-state index contributed by atoms with van der Waals surface area (Å²) in [6.07, 6.45) is 9.64. The number of hydrogen-bond donors (Lipinski definition) is 3. The van der Waals surface area contributed by atoms with Crippen LogP contribution in [0.2, 0.25) is 0 Å². The molecule has 1 aromatic carbocycles. The molecule has 0 heterocycles. The Morgan fingerprint density at radius 2 is 1.52 bits per heavy atom. The van der Waals surface area contributed by atoms with Gasteiger partial charge in [-0.05, 0) is 89.5 Å². The van der Waals surface area contributed by atoms with E-state index in [2.05, 4.69) is 15.4 Å². The van der Waals surface area contributed by atoms with Crippen LogP contribution < -0.4 is 15.4 Å². The molecule has 1 amide bonds. The molecule has 0 atom stereocenters. The van der Waals surface area contributed by atoms with Crippen molar-refractivity contribution in [1.82, 2.24) is 10.0 Å². The predicted molar refractivity (Wildman–Crippen MR) is 127 cm³/mol. The predicted octanol–water partition coefficient (Wildman–Crippen LogP) is 4.44. The molecule has 2 saturated carbocycles. The molecular weight excluding hydrogens is 410 g/mol. The molecule has 3 N–H and O–H groups in total. The lowest BCUT2D eigenvalue weighted by atomic mass is 9.86. The van der Waals surface area contributed by atoms with Crippen LogP contribution in [0.5, 0.6) is 0 Å². The summed E-state index contributed by atoms with van der Waals surface area (Å²) in [6.45, 7) is 6.06. The van der Waals surface area contributed by atoms with E-state index in [1.54, 1.807) is 20.8 Å². The first-order valence-corrected chi connectivity index (χ1v) is 13.3. The zero-order chi connectivity index (χ0) is 22.5. The monoisotopic (exact) mass is 449 g/mol. The van der Waals surface area contributed by atoms with Gasteiger partial charge in [-0.15, -0.1) is 0 Å². The molecule has 174 valence electrons. The van der Waals surface area contributed by atoms with Gasteiger partial charge in [0.05, 0.1) is 4.75 Å². The van der Waals surface area contributed by atoms with Gasteiger partial charge in [0.1, 0.15) is 0 Å². The van der Waals surface area contributed by atoms with Crippen molar-refractivity contribution in [2.45, 2.75) is 95.4 Å². The van der Waals surface area contributed by atoms with Crippen LogP contribution in [0.3, 0.4) is 0 Å². The van der Waals surface area contributed by atoms with Crippen LogP contribution in [0.25, 0.3) is 0 Å². The minimum absolute atomic E-state index is 0.0227. The molecule has 6 nitrogen and oxygen atoms in total. The van der Waals surface area contributed by atoms with E-state index in [-0.39, 0.29) is 11.9 Å². The highest BCUT2D eigenvalue weighted by Crippen LogP contribution is 2.27. The first kappa shape index (κ1) is 24.1. The maximum absolute atomic E-state index is 12.4. The van der Waals surface area contributed by atoms with Gasteiger partial charge in [-0.3, -0.25) is 4.79 Å².